The monoisotopic (exact) mass is 314 g/mol. The molecule has 0 bridgehead atoms. The van der Waals surface area contributed by atoms with Crippen LogP contribution < -0.4 is 0 Å². The fourth-order valence-electron chi connectivity index (χ4n) is 4.06. The SMILES string of the molecule is O=C1OC2(CCN(C(=O)N3CCCCC3)CC2)c2ccccc21. The second-order valence-corrected chi connectivity index (χ2v) is 6.75. The number of likely N-dealkylation sites (tertiary alicyclic amines) is 2. The molecule has 5 heteroatoms. The molecule has 122 valence electrons. The number of fused-ring (bicyclic) bond motifs is 2. The van der Waals surface area contributed by atoms with Crippen molar-refractivity contribution in [2.45, 2.75) is 37.7 Å². The minimum absolute atomic E-state index is 0.150. The number of amides is 2. The molecule has 1 spiro atoms. The van der Waals surface area contributed by atoms with Crippen LogP contribution in [-0.4, -0.2) is 48.0 Å². The fourth-order valence-corrected chi connectivity index (χ4v) is 4.06. The predicted molar refractivity (Wildman–Crippen MR) is 85.2 cm³/mol. The van der Waals surface area contributed by atoms with E-state index in [1.807, 2.05) is 34.1 Å². The lowest BCUT2D eigenvalue weighted by Crippen LogP contribution is -2.51. The number of hydrogen-bond donors (Lipinski definition) is 0. The quantitative estimate of drug-likeness (QED) is 0.692. The zero-order chi connectivity index (χ0) is 15.9. The van der Waals surface area contributed by atoms with Gasteiger partial charge in [0.1, 0.15) is 5.60 Å². The minimum atomic E-state index is -0.521. The van der Waals surface area contributed by atoms with Gasteiger partial charge in [0.2, 0.25) is 0 Å². The van der Waals surface area contributed by atoms with E-state index in [9.17, 15) is 9.59 Å². The molecule has 3 aliphatic rings. The summed E-state index contributed by atoms with van der Waals surface area (Å²) in [6.45, 7) is 3.05. The number of urea groups is 1. The van der Waals surface area contributed by atoms with Crippen molar-refractivity contribution in [1.29, 1.82) is 0 Å². The number of benzene rings is 1. The Morgan fingerprint density at radius 2 is 1.61 bits per heavy atom. The first-order valence-electron chi connectivity index (χ1n) is 8.56. The molecule has 2 fully saturated rings. The van der Waals surface area contributed by atoms with Crippen molar-refractivity contribution < 1.29 is 14.3 Å². The Morgan fingerprint density at radius 1 is 0.957 bits per heavy atom. The number of piperidine rings is 2. The second-order valence-electron chi connectivity index (χ2n) is 6.75. The van der Waals surface area contributed by atoms with Crippen molar-refractivity contribution in [2.75, 3.05) is 26.2 Å². The number of rotatable bonds is 0. The highest BCUT2D eigenvalue weighted by atomic mass is 16.6. The van der Waals surface area contributed by atoms with E-state index in [4.69, 9.17) is 4.74 Å². The average molecular weight is 314 g/mol. The highest BCUT2D eigenvalue weighted by molar-refractivity contribution is 5.94. The fraction of sp³-hybridized carbons (Fsp3) is 0.556. The predicted octanol–water partition coefficient (Wildman–Crippen LogP) is 2.75. The summed E-state index contributed by atoms with van der Waals surface area (Å²) in [4.78, 5) is 28.6. The summed E-state index contributed by atoms with van der Waals surface area (Å²) >= 11 is 0. The molecule has 0 N–H and O–H groups in total. The molecule has 0 aromatic heterocycles. The van der Waals surface area contributed by atoms with E-state index in [0.717, 1.165) is 31.5 Å². The molecule has 0 aliphatic carbocycles. The number of ether oxygens (including phenoxy) is 1. The van der Waals surface area contributed by atoms with Gasteiger partial charge in [-0.1, -0.05) is 18.2 Å². The van der Waals surface area contributed by atoms with Crippen molar-refractivity contribution >= 4 is 12.0 Å². The third-order valence-electron chi connectivity index (χ3n) is 5.39. The maximum Gasteiger partial charge on any atom is 0.339 e. The Labute approximate surface area is 136 Å². The number of carbonyl (C=O) groups excluding carboxylic acids is 2. The zero-order valence-electron chi connectivity index (χ0n) is 13.3. The highest BCUT2D eigenvalue weighted by Crippen LogP contribution is 2.44. The van der Waals surface area contributed by atoms with Gasteiger partial charge in [0.25, 0.3) is 0 Å². The maximum absolute atomic E-state index is 12.6. The zero-order valence-corrected chi connectivity index (χ0v) is 13.3. The lowest BCUT2D eigenvalue weighted by Gasteiger charge is -2.41. The lowest BCUT2D eigenvalue weighted by atomic mass is 9.84. The van der Waals surface area contributed by atoms with E-state index < -0.39 is 5.60 Å². The van der Waals surface area contributed by atoms with Gasteiger partial charge >= 0.3 is 12.0 Å². The van der Waals surface area contributed by atoms with Crippen LogP contribution in [-0.2, 0) is 10.3 Å². The molecule has 0 radical (unpaired) electrons. The molecule has 0 saturated carbocycles. The van der Waals surface area contributed by atoms with Gasteiger partial charge < -0.3 is 14.5 Å². The minimum Gasteiger partial charge on any atom is -0.450 e. The van der Waals surface area contributed by atoms with Gasteiger partial charge in [-0.3, -0.25) is 0 Å². The first kappa shape index (κ1) is 14.5. The number of hydrogen-bond acceptors (Lipinski definition) is 3. The molecule has 2 amide bonds. The van der Waals surface area contributed by atoms with Crippen molar-refractivity contribution in [3.63, 3.8) is 0 Å². The number of nitrogens with zero attached hydrogens (tertiary/aromatic N) is 2. The van der Waals surface area contributed by atoms with Crippen LogP contribution in [0.2, 0.25) is 0 Å². The molecular formula is C18H22N2O3. The molecule has 23 heavy (non-hydrogen) atoms. The molecule has 1 aromatic carbocycles. The van der Waals surface area contributed by atoms with Crippen LogP contribution in [0.15, 0.2) is 24.3 Å². The summed E-state index contributed by atoms with van der Waals surface area (Å²) in [7, 11) is 0. The summed E-state index contributed by atoms with van der Waals surface area (Å²) in [6, 6.07) is 7.79. The summed E-state index contributed by atoms with van der Waals surface area (Å²) in [6.07, 6.45) is 4.81. The Balaban J connectivity index is 1.47. The van der Waals surface area contributed by atoms with Gasteiger partial charge in [-0.15, -0.1) is 0 Å². The van der Waals surface area contributed by atoms with Gasteiger partial charge in [-0.05, 0) is 25.3 Å². The second kappa shape index (κ2) is 5.55. The van der Waals surface area contributed by atoms with Crippen molar-refractivity contribution in [2.24, 2.45) is 0 Å². The van der Waals surface area contributed by atoms with Crippen LogP contribution in [0, 0.1) is 0 Å². The van der Waals surface area contributed by atoms with E-state index in [0.29, 0.717) is 31.5 Å². The van der Waals surface area contributed by atoms with Crippen molar-refractivity contribution in [1.82, 2.24) is 9.80 Å². The highest BCUT2D eigenvalue weighted by Gasteiger charge is 2.47. The van der Waals surface area contributed by atoms with Gasteiger partial charge in [0.05, 0.1) is 5.56 Å². The summed E-state index contributed by atoms with van der Waals surface area (Å²) in [5, 5.41) is 0. The van der Waals surface area contributed by atoms with E-state index in [1.165, 1.54) is 6.42 Å². The molecule has 5 nitrogen and oxygen atoms in total. The Bertz CT molecular complexity index is 629. The first-order valence-corrected chi connectivity index (χ1v) is 8.56. The summed E-state index contributed by atoms with van der Waals surface area (Å²) in [5.41, 5.74) is 1.16. The van der Waals surface area contributed by atoms with E-state index in [-0.39, 0.29) is 12.0 Å². The Morgan fingerprint density at radius 3 is 2.35 bits per heavy atom. The maximum atomic E-state index is 12.6. The molecule has 2 saturated heterocycles. The van der Waals surface area contributed by atoms with Gasteiger partial charge in [-0.25, -0.2) is 9.59 Å². The van der Waals surface area contributed by atoms with Gasteiger partial charge in [-0.2, -0.15) is 0 Å². The normalized spacial score (nSPS) is 22.9. The van der Waals surface area contributed by atoms with Crippen LogP contribution >= 0.6 is 0 Å². The Kier molecular flexibility index (Phi) is 3.51. The lowest BCUT2D eigenvalue weighted by molar-refractivity contribution is -0.0388. The third-order valence-corrected chi connectivity index (χ3v) is 5.39. The van der Waals surface area contributed by atoms with Crippen LogP contribution in [0.5, 0.6) is 0 Å². The smallest absolute Gasteiger partial charge is 0.339 e. The van der Waals surface area contributed by atoms with Crippen LogP contribution in [0.1, 0.15) is 48.0 Å². The number of carbonyl (C=O) groups is 2. The Hall–Kier alpha value is -2.04. The van der Waals surface area contributed by atoms with E-state index in [2.05, 4.69) is 0 Å². The topological polar surface area (TPSA) is 49.9 Å². The average Bonchev–Trinajstić information content (AvgIpc) is 2.88. The van der Waals surface area contributed by atoms with Crippen LogP contribution in [0.3, 0.4) is 0 Å². The first-order chi connectivity index (χ1) is 11.2. The summed E-state index contributed by atoms with van der Waals surface area (Å²) < 4.78 is 5.74. The molecule has 3 aliphatic heterocycles. The molecule has 0 atom stereocenters. The molecule has 4 rings (SSSR count). The third kappa shape index (κ3) is 2.38. The molecule has 3 heterocycles. The van der Waals surface area contributed by atoms with Crippen LogP contribution in [0.4, 0.5) is 4.79 Å². The van der Waals surface area contributed by atoms with Gasteiger partial charge in [0.15, 0.2) is 0 Å². The molecule has 0 unspecified atom stereocenters. The van der Waals surface area contributed by atoms with Crippen molar-refractivity contribution in [3.05, 3.63) is 35.4 Å². The molecule has 1 aromatic rings. The number of esters is 1. The van der Waals surface area contributed by atoms with Gasteiger partial charge in [0, 0.05) is 44.6 Å². The van der Waals surface area contributed by atoms with Crippen molar-refractivity contribution in [3.8, 4) is 0 Å². The van der Waals surface area contributed by atoms with Crippen LogP contribution in [0.25, 0.3) is 0 Å². The van der Waals surface area contributed by atoms with E-state index >= 15 is 0 Å². The van der Waals surface area contributed by atoms with E-state index in [1.54, 1.807) is 0 Å². The largest absolute Gasteiger partial charge is 0.450 e. The summed E-state index contributed by atoms with van der Waals surface area (Å²) in [5.74, 6) is -0.226. The molecular weight excluding hydrogens is 292 g/mol. The standard InChI is InChI=1S/C18H22N2O3/c21-16-14-6-2-3-7-15(14)18(23-16)8-12-20(13-9-18)17(22)19-10-4-1-5-11-19/h2-3,6-7H,1,4-5,8-13H2.